The minimum absolute atomic E-state index is 0.450. The summed E-state index contributed by atoms with van der Waals surface area (Å²) < 4.78 is 1.93. The van der Waals surface area contributed by atoms with Gasteiger partial charge in [-0.05, 0) is 54.8 Å². The van der Waals surface area contributed by atoms with Crippen LogP contribution >= 0.6 is 11.6 Å². The zero-order chi connectivity index (χ0) is 15.0. The van der Waals surface area contributed by atoms with Gasteiger partial charge in [0.05, 0.1) is 29.8 Å². The van der Waals surface area contributed by atoms with Crippen LogP contribution in [0.4, 0.5) is 5.69 Å². The third-order valence-corrected chi connectivity index (χ3v) is 3.86. The lowest BCUT2D eigenvalue weighted by molar-refractivity contribution is 0.798. The molecule has 3 aromatic rings. The van der Waals surface area contributed by atoms with E-state index in [1.165, 1.54) is 11.1 Å². The Morgan fingerprint density at radius 2 is 2.00 bits per heavy atom. The van der Waals surface area contributed by atoms with Crippen LogP contribution in [0.25, 0.3) is 15.9 Å². The molecule has 0 spiro atoms. The standard InChI is InChI=1S/C16H13ClN4/c1-10-6-14-15(7-11(10)2)21(16(17)20-14)9-13-5-4-12(18-3)8-19-13/h4-8H,9H2,1-2H3. The predicted octanol–water partition coefficient (Wildman–Crippen LogP) is 4.30. The van der Waals surface area contributed by atoms with Crippen LogP contribution in [0.15, 0.2) is 30.5 Å². The first-order valence-electron chi connectivity index (χ1n) is 6.54. The molecule has 0 aliphatic carbocycles. The normalized spacial score (nSPS) is 10.8. The largest absolute Gasteiger partial charge is 0.309 e. The summed E-state index contributed by atoms with van der Waals surface area (Å²) in [5, 5.41) is 0.450. The van der Waals surface area contributed by atoms with Crippen molar-refractivity contribution in [2.75, 3.05) is 0 Å². The van der Waals surface area contributed by atoms with Crippen molar-refractivity contribution in [1.82, 2.24) is 14.5 Å². The second-order valence-corrected chi connectivity index (χ2v) is 5.35. The number of aryl methyl sites for hydroxylation is 2. The summed E-state index contributed by atoms with van der Waals surface area (Å²) in [5.41, 5.74) is 5.67. The van der Waals surface area contributed by atoms with Gasteiger partial charge < -0.3 is 4.57 Å². The molecule has 3 rings (SSSR count). The molecule has 0 atom stereocenters. The molecule has 0 saturated carbocycles. The van der Waals surface area contributed by atoms with Crippen LogP contribution in [0, 0.1) is 20.4 Å². The quantitative estimate of drug-likeness (QED) is 0.661. The van der Waals surface area contributed by atoms with Crippen LogP contribution in [0.1, 0.15) is 16.8 Å². The third-order valence-electron chi connectivity index (χ3n) is 3.58. The maximum Gasteiger partial charge on any atom is 0.205 e. The zero-order valence-corrected chi connectivity index (χ0v) is 12.5. The highest BCUT2D eigenvalue weighted by molar-refractivity contribution is 6.29. The number of imidazole rings is 1. The maximum atomic E-state index is 6.94. The van der Waals surface area contributed by atoms with Crippen molar-refractivity contribution in [3.05, 3.63) is 64.0 Å². The van der Waals surface area contributed by atoms with Gasteiger partial charge in [-0.2, -0.15) is 0 Å². The van der Waals surface area contributed by atoms with Crippen molar-refractivity contribution in [3.8, 4) is 0 Å². The van der Waals surface area contributed by atoms with Crippen molar-refractivity contribution in [2.24, 2.45) is 0 Å². The molecular formula is C16H13ClN4. The molecule has 1 aromatic carbocycles. The fourth-order valence-corrected chi connectivity index (χ4v) is 2.48. The Bertz CT molecular complexity index is 857. The highest BCUT2D eigenvalue weighted by atomic mass is 35.5. The van der Waals surface area contributed by atoms with Crippen molar-refractivity contribution >= 4 is 28.3 Å². The van der Waals surface area contributed by atoms with Crippen molar-refractivity contribution in [3.63, 3.8) is 0 Å². The second-order valence-electron chi connectivity index (χ2n) is 5.01. The molecule has 0 amide bonds. The number of benzene rings is 1. The van der Waals surface area contributed by atoms with Crippen LogP contribution in [-0.2, 0) is 6.54 Å². The molecule has 0 radical (unpaired) electrons. The SMILES string of the molecule is [C-]#[N+]c1ccc(Cn2c(Cl)nc3cc(C)c(C)cc32)nc1. The summed E-state index contributed by atoms with van der Waals surface area (Å²) in [6.45, 7) is 11.6. The van der Waals surface area contributed by atoms with E-state index >= 15 is 0 Å². The van der Waals surface area contributed by atoms with E-state index in [0.717, 1.165) is 16.7 Å². The van der Waals surface area contributed by atoms with Crippen LogP contribution in [0.5, 0.6) is 0 Å². The van der Waals surface area contributed by atoms with Crippen molar-refractivity contribution in [1.29, 1.82) is 0 Å². The molecule has 0 fully saturated rings. The summed E-state index contributed by atoms with van der Waals surface area (Å²) >= 11 is 6.26. The lowest BCUT2D eigenvalue weighted by Crippen LogP contribution is -2.01. The topological polar surface area (TPSA) is 35.1 Å². The minimum atomic E-state index is 0.450. The number of pyridine rings is 1. The Morgan fingerprint density at radius 3 is 2.67 bits per heavy atom. The number of halogens is 1. The van der Waals surface area contributed by atoms with Gasteiger partial charge in [-0.15, -0.1) is 0 Å². The smallest absolute Gasteiger partial charge is 0.205 e. The summed E-state index contributed by atoms with van der Waals surface area (Å²) in [5.74, 6) is 0. The summed E-state index contributed by atoms with van der Waals surface area (Å²) in [7, 11) is 0. The van der Waals surface area contributed by atoms with E-state index in [2.05, 4.69) is 34.7 Å². The summed E-state index contributed by atoms with van der Waals surface area (Å²) in [6.07, 6.45) is 1.57. The molecule has 0 N–H and O–H groups in total. The fraction of sp³-hybridized carbons (Fsp3) is 0.188. The minimum Gasteiger partial charge on any atom is -0.309 e. The first kappa shape index (κ1) is 13.6. The van der Waals surface area contributed by atoms with Gasteiger partial charge in [-0.3, -0.25) is 4.98 Å². The van der Waals surface area contributed by atoms with Crippen LogP contribution in [0.3, 0.4) is 0 Å². The maximum absolute atomic E-state index is 6.94. The van der Waals surface area contributed by atoms with E-state index in [1.54, 1.807) is 12.3 Å². The number of hydrogen-bond acceptors (Lipinski definition) is 2. The lowest BCUT2D eigenvalue weighted by atomic mass is 10.1. The predicted molar refractivity (Wildman–Crippen MR) is 83.8 cm³/mol. The van der Waals surface area contributed by atoms with E-state index in [4.69, 9.17) is 18.2 Å². The Balaban J connectivity index is 2.05. The number of aromatic nitrogens is 3. The van der Waals surface area contributed by atoms with E-state index in [9.17, 15) is 0 Å². The number of hydrogen-bond donors (Lipinski definition) is 0. The van der Waals surface area contributed by atoms with Gasteiger partial charge >= 0.3 is 0 Å². The van der Waals surface area contributed by atoms with Gasteiger partial charge in [0.15, 0.2) is 0 Å². The van der Waals surface area contributed by atoms with E-state index in [0.29, 0.717) is 17.5 Å². The molecule has 2 aromatic heterocycles. The Labute approximate surface area is 127 Å². The second kappa shape index (κ2) is 5.19. The number of rotatable bonds is 2. The van der Waals surface area contributed by atoms with E-state index in [-0.39, 0.29) is 0 Å². The Kier molecular flexibility index (Phi) is 3.36. The molecule has 0 aliphatic rings. The fourth-order valence-electron chi connectivity index (χ4n) is 2.24. The molecule has 104 valence electrons. The third kappa shape index (κ3) is 2.48. The van der Waals surface area contributed by atoms with Gasteiger partial charge in [0.2, 0.25) is 11.0 Å². The summed E-state index contributed by atoms with van der Waals surface area (Å²) in [6, 6.07) is 7.74. The van der Waals surface area contributed by atoms with Crippen molar-refractivity contribution in [2.45, 2.75) is 20.4 Å². The van der Waals surface area contributed by atoms with Gasteiger partial charge in [0.1, 0.15) is 0 Å². The van der Waals surface area contributed by atoms with Crippen LogP contribution < -0.4 is 0 Å². The Morgan fingerprint density at radius 1 is 1.24 bits per heavy atom. The molecule has 5 heteroatoms. The monoisotopic (exact) mass is 296 g/mol. The number of nitrogens with zero attached hydrogens (tertiary/aromatic N) is 4. The average Bonchev–Trinajstić information content (AvgIpc) is 2.76. The van der Waals surface area contributed by atoms with Crippen LogP contribution in [0.2, 0.25) is 5.28 Å². The van der Waals surface area contributed by atoms with E-state index < -0.39 is 0 Å². The van der Waals surface area contributed by atoms with Gasteiger partial charge in [-0.25, -0.2) is 9.83 Å². The van der Waals surface area contributed by atoms with Crippen LogP contribution in [-0.4, -0.2) is 14.5 Å². The summed E-state index contributed by atoms with van der Waals surface area (Å²) in [4.78, 5) is 12.0. The first-order chi connectivity index (χ1) is 10.1. The highest BCUT2D eigenvalue weighted by Gasteiger charge is 2.11. The lowest BCUT2D eigenvalue weighted by Gasteiger charge is -2.07. The first-order valence-corrected chi connectivity index (χ1v) is 6.91. The van der Waals surface area contributed by atoms with Gasteiger partial charge in [-0.1, -0.05) is 6.07 Å². The van der Waals surface area contributed by atoms with Gasteiger partial charge in [0, 0.05) is 6.20 Å². The molecule has 0 bridgehead atoms. The molecular weight excluding hydrogens is 284 g/mol. The highest BCUT2D eigenvalue weighted by Crippen LogP contribution is 2.24. The van der Waals surface area contributed by atoms with E-state index in [1.807, 2.05) is 16.7 Å². The molecule has 21 heavy (non-hydrogen) atoms. The Hall–Kier alpha value is -2.38. The van der Waals surface area contributed by atoms with Gasteiger partial charge in [0.25, 0.3) is 0 Å². The molecule has 0 saturated heterocycles. The number of fused-ring (bicyclic) bond motifs is 1. The molecule has 0 aliphatic heterocycles. The molecule has 4 nitrogen and oxygen atoms in total. The average molecular weight is 297 g/mol. The molecule has 0 unspecified atom stereocenters. The van der Waals surface area contributed by atoms with Crippen molar-refractivity contribution < 1.29 is 0 Å². The zero-order valence-electron chi connectivity index (χ0n) is 11.8. The molecule has 2 heterocycles.